The molecule has 0 spiro atoms. The maximum Gasteiger partial charge on any atom is 0.163 e. The third kappa shape index (κ3) is 2.67. The molecule has 2 aliphatic rings. The number of hydrogen-bond donors (Lipinski definition) is 0. The van der Waals surface area contributed by atoms with Crippen LogP contribution < -0.4 is 4.90 Å². The van der Waals surface area contributed by atoms with Crippen molar-refractivity contribution in [2.45, 2.75) is 19.1 Å². The van der Waals surface area contributed by atoms with Gasteiger partial charge >= 0.3 is 0 Å². The molecule has 2 aromatic rings. The van der Waals surface area contributed by atoms with Gasteiger partial charge in [0.15, 0.2) is 5.82 Å². The van der Waals surface area contributed by atoms with Gasteiger partial charge in [-0.1, -0.05) is 0 Å². The largest absolute Gasteiger partial charge is 0.376 e. The molecule has 2 bridgehead atoms. The standard InChI is InChI=1S/C16H18N4O2/c1-11-5-15(19-16(18-11)12-3-2-4-17-6-12)20-7-13-9-21-10-14(8-20)22-13/h2-6,13-14H,7-10H2,1H3. The number of rotatable bonds is 2. The van der Waals surface area contributed by atoms with E-state index in [1.165, 1.54) is 0 Å². The summed E-state index contributed by atoms with van der Waals surface area (Å²) in [6.07, 6.45) is 3.80. The van der Waals surface area contributed by atoms with E-state index in [1.807, 2.05) is 25.1 Å². The highest BCUT2D eigenvalue weighted by molar-refractivity contribution is 5.56. The number of aryl methyl sites for hydroxylation is 1. The number of morpholine rings is 1. The molecule has 2 atom stereocenters. The second-order valence-electron chi connectivity index (χ2n) is 5.76. The van der Waals surface area contributed by atoms with Crippen molar-refractivity contribution >= 4 is 5.82 Å². The highest BCUT2D eigenvalue weighted by atomic mass is 16.6. The van der Waals surface area contributed by atoms with Crippen LogP contribution in [0.2, 0.25) is 0 Å². The molecule has 0 aliphatic carbocycles. The van der Waals surface area contributed by atoms with E-state index in [2.05, 4.69) is 14.9 Å². The Morgan fingerprint density at radius 3 is 2.73 bits per heavy atom. The lowest BCUT2D eigenvalue weighted by Gasteiger charge is -2.41. The van der Waals surface area contributed by atoms with Crippen LogP contribution in [0.1, 0.15) is 5.69 Å². The number of hydrogen-bond acceptors (Lipinski definition) is 6. The lowest BCUT2D eigenvalue weighted by Crippen LogP contribution is -2.54. The molecule has 2 saturated heterocycles. The van der Waals surface area contributed by atoms with E-state index in [-0.39, 0.29) is 12.2 Å². The summed E-state index contributed by atoms with van der Waals surface area (Å²) in [4.78, 5) is 15.7. The van der Waals surface area contributed by atoms with Gasteiger partial charge in [-0.05, 0) is 19.1 Å². The summed E-state index contributed by atoms with van der Waals surface area (Å²) >= 11 is 0. The summed E-state index contributed by atoms with van der Waals surface area (Å²) in [6, 6.07) is 5.91. The van der Waals surface area contributed by atoms with Crippen molar-refractivity contribution < 1.29 is 9.47 Å². The molecule has 6 heteroatoms. The van der Waals surface area contributed by atoms with Crippen molar-refractivity contribution in [2.24, 2.45) is 0 Å². The van der Waals surface area contributed by atoms with E-state index in [0.29, 0.717) is 13.2 Å². The van der Waals surface area contributed by atoms with Crippen LogP contribution in [0, 0.1) is 6.92 Å². The van der Waals surface area contributed by atoms with Crippen molar-refractivity contribution in [3.05, 3.63) is 36.3 Å². The van der Waals surface area contributed by atoms with Crippen molar-refractivity contribution in [1.82, 2.24) is 15.0 Å². The molecule has 4 heterocycles. The second-order valence-corrected chi connectivity index (χ2v) is 5.76. The van der Waals surface area contributed by atoms with E-state index in [0.717, 1.165) is 36.0 Å². The number of nitrogens with zero attached hydrogens (tertiary/aromatic N) is 4. The Hall–Kier alpha value is -2.05. The van der Waals surface area contributed by atoms with E-state index in [4.69, 9.17) is 14.5 Å². The fourth-order valence-corrected chi connectivity index (χ4v) is 2.96. The van der Waals surface area contributed by atoms with Crippen molar-refractivity contribution in [2.75, 3.05) is 31.2 Å². The van der Waals surface area contributed by atoms with Crippen molar-refractivity contribution in [3.63, 3.8) is 0 Å². The summed E-state index contributed by atoms with van der Waals surface area (Å²) in [6.45, 7) is 4.92. The van der Waals surface area contributed by atoms with E-state index in [9.17, 15) is 0 Å². The van der Waals surface area contributed by atoms with Crippen molar-refractivity contribution in [3.8, 4) is 11.4 Å². The first-order valence-corrected chi connectivity index (χ1v) is 7.52. The Morgan fingerprint density at radius 1 is 1.18 bits per heavy atom. The van der Waals surface area contributed by atoms with Gasteiger partial charge in [0.2, 0.25) is 0 Å². The summed E-state index contributed by atoms with van der Waals surface area (Å²) < 4.78 is 11.4. The average molecular weight is 298 g/mol. The molecule has 6 nitrogen and oxygen atoms in total. The Balaban J connectivity index is 1.66. The minimum atomic E-state index is 0.129. The first-order valence-electron chi connectivity index (χ1n) is 7.52. The Morgan fingerprint density at radius 2 is 2.00 bits per heavy atom. The van der Waals surface area contributed by atoms with Gasteiger partial charge in [0.25, 0.3) is 0 Å². The van der Waals surface area contributed by atoms with E-state index >= 15 is 0 Å². The molecule has 22 heavy (non-hydrogen) atoms. The average Bonchev–Trinajstić information content (AvgIpc) is 2.55. The molecular weight excluding hydrogens is 280 g/mol. The molecule has 2 unspecified atom stereocenters. The summed E-state index contributed by atoms with van der Waals surface area (Å²) in [5.74, 6) is 1.67. The van der Waals surface area contributed by atoms with Crippen LogP contribution in [0.5, 0.6) is 0 Å². The molecule has 4 rings (SSSR count). The van der Waals surface area contributed by atoms with Crippen LogP contribution in [-0.2, 0) is 9.47 Å². The number of ether oxygens (including phenoxy) is 2. The number of aromatic nitrogens is 3. The lowest BCUT2D eigenvalue weighted by molar-refractivity contribution is -0.144. The molecule has 0 N–H and O–H groups in total. The minimum absolute atomic E-state index is 0.129. The molecule has 114 valence electrons. The molecule has 0 aromatic carbocycles. The molecular formula is C16H18N4O2. The minimum Gasteiger partial charge on any atom is -0.376 e. The van der Waals surface area contributed by atoms with Gasteiger partial charge in [0.05, 0.1) is 25.4 Å². The molecule has 2 aromatic heterocycles. The first-order chi connectivity index (χ1) is 10.8. The monoisotopic (exact) mass is 298 g/mol. The summed E-state index contributed by atoms with van der Waals surface area (Å²) in [5.41, 5.74) is 1.89. The predicted octanol–water partition coefficient (Wildman–Crippen LogP) is 1.45. The predicted molar refractivity (Wildman–Crippen MR) is 81.7 cm³/mol. The van der Waals surface area contributed by atoms with Crippen LogP contribution in [0.25, 0.3) is 11.4 Å². The maximum absolute atomic E-state index is 5.90. The van der Waals surface area contributed by atoms with Crippen LogP contribution >= 0.6 is 0 Å². The zero-order chi connectivity index (χ0) is 14.9. The molecule has 0 radical (unpaired) electrons. The normalized spacial score (nSPS) is 24.3. The third-order valence-corrected chi connectivity index (χ3v) is 3.92. The summed E-state index contributed by atoms with van der Waals surface area (Å²) in [5, 5.41) is 0. The Labute approximate surface area is 129 Å². The first kappa shape index (κ1) is 13.6. The third-order valence-electron chi connectivity index (χ3n) is 3.92. The van der Waals surface area contributed by atoms with Gasteiger partial charge < -0.3 is 14.4 Å². The maximum atomic E-state index is 5.90. The molecule has 2 aliphatic heterocycles. The Bertz CT molecular complexity index is 652. The lowest BCUT2D eigenvalue weighted by atomic mass is 10.2. The van der Waals surface area contributed by atoms with Gasteiger partial charge in [-0.25, -0.2) is 9.97 Å². The molecule has 0 saturated carbocycles. The van der Waals surface area contributed by atoms with Crippen LogP contribution in [0.4, 0.5) is 5.82 Å². The van der Waals surface area contributed by atoms with Gasteiger partial charge in [-0.2, -0.15) is 0 Å². The number of fused-ring (bicyclic) bond motifs is 2. The van der Waals surface area contributed by atoms with E-state index < -0.39 is 0 Å². The quantitative estimate of drug-likeness (QED) is 0.836. The fourth-order valence-electron chi connectivity index (χ4n) is 2.96. The second kappa shape index (κ2) is 5.62. The SMILES string of the molecule is Cc1cc(N2CC3COCC(C2)O3)nc(-c2cccnc2)n1. The topological polar surface area (TPSA) is 60.4 Å². The fraction of sp³-hybridized carbons (Fsp3) is 0.438. The van der Waals surface area contributed by atoms with Gasteiger partial charge in [0, 0.05) is 42.8 Å². The van der Waals surface area contributed by atoms with Crippen LogP contribution in [0.15, 0.2) is 30.6 Å². The van der Waals surface area contributed by atoms with Crippen LogP contribution in [-0.4, -0.2) is 53.5 Å². The van der Waals surface area contributed by atoms with Gasteiger partial charge in [-0.15, -0.1) is 0 Å². The molecule has 0 amide bonds. The molecule has 2 fully saturated rings. The number of anilines is 1. The van der Waals surface area contributed by atoms with Crippen molar-refractivity contribution in [1.29, 1.82) is 0 Å². The zero-order valence-electron chi connectivity index (χ0n) is 12.5. The Kier molecular flexibility index (Phi) is 3.48. The zero-order valence-corrected chi connectivity index (χ0v) is 12.5. The van der Waals surface area contributed by atoms with Gasteiger partial charge in [-0.3, -0.25) is 4.98 Å². The highest BCUT2D eigenvalue weighted by Gasteiger charge is 2.32. The highest BCUT2D eigenvalue weighted by Crippen LogP contribution is 2.24. The van der Waals surface area contributed by atoms with Gasteiger partial charge in [0.1, 0.15) is 5.82 Å². The van der Waals surface area contributed by atoms with E-state index in [1.54, 1.807) is 12.4 Å². The van der Waals surface area contributed by atoms with Crippen LogP contribution in [0.3, 0.4) is 0 Å². The smallest absolute Gasteiger partial charge is 0.163 e. The number of pyridine rings is 1. The summed E-state index contributed by atoms with van der Waals surface area (Å²) in [7, 11) is 0.